The largest absolute Gasteiger partial charge is 0.314 e. The third kappa shape index (κ3) is 5.47. The molecule has 0 atom stereocenters. The van der Waals surface area contributed by atoms with Crippen LogP contribution >= 0.6 is 0 Å². The van der Waals surface area contributed by atoms with Crippen LogP contribution in [-0.4, -0.2) is 49.1 Å². The van der Waals surface area contributed by atoms with Crippen LogP contribution < -0.4 is 5.32 Å². The lowest BCUT2D eigenvalue weighted by Crippen LogP contribution is -2.35. The zero-order valence-corrected chi connectivity index (χ0v) is 13.8. The molecule has 1 aliphatic rings. The topological polar surface area (TPSA) is 18.5 Å². The highest BCUT2D eigenvalue weighted by atomic mass is 15.2. The number of benzene rings is 2. The van der Waals surface area contributed by atoms with Gasteiger partial charge in [0.2, 0.25) is 0 Å². The second kappa shape index (κ2) is 8.82. The van der Waals surface area contributed by atoms with Crippen LogP contribution in [0, 0.1) is 0 Å². The van der Waals surface area contributed by atoms with E-state index in [2.05, 4.69) is 75.8 Å². The van der Waals surface area contributed by atoms with E-state index in [0.717, 1.165) is 52.4 Å². The summed E-state index contributed by atoms with van der Waals surface area (Å²) in [5.41, 5.74) is 2.81. The zero-order valence-electron chi connectivity index (χ0n) is 13.8. The predicted molar refractivity (Wildman–Crippen MR) is 96.3 cm³/mol. The van der Waals surface area contributed by atoms with Crippen LogP contribution in [0.3, 0.4) is 0 Å². The quantitative estimate of drug-likeness (QED) is 0.936. The van der Waals surface area contributed by atoms with Gasteiger partial charge in [-0.05, 0) is 11.1 Å². The highest BCUT2D eigenvalue weighted by molar-refractivity contribution is 5.15. The summed E-state index contributed by atoms with van der Waals surface area (Å²) in [5.74, 6) is 0. The van der Waals surface area contributed by atoms with Crippen LogP contribution in [0.1, 0.15) is 11.1 Å². The fourth-order valence-corrected chi connectivity index (χ4v) is 3.11. The molecule has 0 unspecified atom stereocenters. The van der Waals surface area contributed by atoms with Gasteiger partial charge in [-0.25, -0.2) is 0 Å². The van der Waals surface area contributed by atoms with Crippen LogP contribution in [-0.2, 0) is 13.1 Å². The van der Waals surface area contributed by atoms with Gasteiger partial charge in [0.15, 0.2) is 0 Å². The van der Waals surface area contributed by atoms with E-state index in [0.29, 0.717) is 0 Å². The van der Waals surface area contributed by atoms with E-state index in [1.54, 1.807) is 0 Å². The summed E-state index contributed by atoms with van der Waals surface area (Å²) in [4.78, 5) is 5.12. The van der Waals surface area contributed by atoms with Crippen molar-refractivity contribution in [2.24, 2.45) is 0 Å². The van der Waals surface area contributed by atoms with Gasteiger partial charge >= 0.3 is 0 Å². The molecule has 1 saturated heterocycles. The molecule has 23 heavy (non-hydrogen) atoms. The Hall–Kier alpha value is -1.68. The first-order valence-corrected chi connectivity index (χ1v) is 8.63. The van der Waals surface area contributed by atoms with E-state index in [1.807, 2.05) is 0 Å². The van der Waals surface area contributed by atoms with Crippen LogP contribution in [0.5, 0.6) is 0 Å². The van der Waals surface area contributed by atoms with Crippen LogP contribution in [0.2, 0.25) is 0 Å². The molecule has 1 fully saturated rings. The van der Waals surface area contributed by atoms with E-state index in [-0.39, 0.29) is 0 Å². The molecule has 122 valence electrons. The van der Waals surface area contributed by atoms with Crippen LogP contribution in [0.15, 0.2) is 60.7 Å². The van der Waals surface area contributed by atoms with Gasteiger partial charge in [-0.3, -0.25) is 9.80 Å². The fraction of sp³-hybridized carbons (Fsp3) is 0.400. The molecule has 0 aromatic heterocycles. The Labute approximate surface area is 139 Å². The second-order valence-corrected chi connectivity index (χ2v) is 6.27. The van der Waals surface area contributed by atoms with Crippen LogP contribution in [0.25, 0.3) is 0 Å². The number of rotatable bonds is 4. The van der Waals surface area contributed by atoms with Gasteiger partial charge in [0.25, 0.3) is 0 Å². The van der Waals surface area contributed by atoms with Gasteiger partial charge in [-0.2, -0.15) is 0 Å². The molecule has 0 spiro atoms. The molecule has 3 heteroatoms. The monoisotopic (exact) mass is 309 g/mol. The maximum Gasteiger partial charge on any atom is 0.0234 e. The van der Waals surface area contributed by atoms with Crippen molar-refractivity contribution < 1.29 is 0 Å². The second-order valence-electron chi connectivity index (χ2n) is 6.27. The molecule has 1 aliphatic heterocycles. The molecule has 1 heterocycles. The molecule has 3 nitrogen and oxygen atoms in total. The molecular formula is C20H27N3. The van der Waals surface area contributed by atoms with E-state index >= 15 is 0 Å². The van der Waals surface area contributed by atoms with Crippen molar-refractivity contribution in [3.05, 3.63) is 71.8 Å². The van der Waals surface area contributed by atoms with Crippen molar-refractivity contribution in [2.75, 3.05) is 39.3 Å². The van der Waals surface area contributed by atoms with Crippen molar-refractivity contribution in [1.29, 1.82) is 0 Å². The Bertz CT molecular complexity index is 504. The Morgan fingerprint density at radius 3 is 1.48 bits per heavy atom. The molecule has 2 aromatic rings. The fourth-order valence-electron chi connectivity index (χ4n) is 3.11. The molecule has 3 rings (SSSR count). The summed E-state index contributed by atoms with van der Waals surface area (Å²) in [6, 6.07) is 21.6. The van der Waals surface area contributed by atoms with Crippen molar-refractivity contribution in [1.82, 2.24) is 15.1 Å². The summed E-state index contributed by atoms with van der Waals surface area (Å²) in [6.07, 6.45) is 0. The zero-order chi connectivity index (χ0) is 15.7. The smallest absolute Gasteiger partial charge is 0.0234 e. The number of nitrogens with zero attached hydrogens (tertiary/aromatic N) is 2. The standard InChI is InChI=1S/C20H27N3/c1-3-7-19(8-4-1)17-22-13-11-21-12-14-23(16-15-22)18-20-9-5-2-6-10-20/h1-10,21H,11-18H2. The molecule has 1 N–H and O–H groups in total. The molecule has 0 amide bonds. The van der Waals surface area contributed by atoms with Crippen molar-refractivity contribution in [2.45, 2.75) is 13.1 Å². The number of nitrogens with one attached hydrogen (secondary N) is 1. The van der Waals surface area contributed by atoms with Gasteiger partial charge in [0.05, 0.1) is 0 Å². The van der Waals surface area contributed by atoms with Crippen molar-refractivity contribution in [3.63, 3.8) is 0 Å². The minimum atomic E-state index is 1.04. The Balaban J connectivity index is 1.57. The van der Waals surface area contributed by atoms with Gasteiger partial charge in [-0.15, -0.1) is 0 Å². The van der Waals surface area contributed by atoms with Gasteiger partial charge in [0, 0.05) is 52.4 Å². The van der Waals surface area contributed by atoms with E-state index < -0.39 is 0 Å². The summed E-state index contributed by atoms with van der Waals surface area (Å²) >= 11 is 0. The first-order chi connectivity index (χ1) is 11.4. The average Bonchev–Trinajstić information content (AvgIpc) is 2.70. The van der Waals surface area contributed by atoms with Gasteiger partial charge in [0.1, 0.15) is 0 Å². The molecule has 0 saturated carbocycles. The highest BCUT2D eigenvalue weighted by Gasteiger charge is 2.12. The maximum absolute atomic E-state index is 3.58. The predicted octanol–water partition coefficient (Wildman–Crippen LogP) is 2.59. The molecule has 0 radical (unpaired) electrons. The van der Waals surface area contributed by atoms with Crippen molar-refractivity contribution >= 4 is 0 Å². The summed E-state index contributed by atoms with van der Waals surface area (Å²) < 4.78 is 0. The van der Waals surface area contributed by atoms with Crippen LogP contribution in [0.4, 0.5) is 0 Å². The first kappa shape index (κ1) is 16.2. The molecular weight excluding hydrogens is 282 g/mol. The number of hydrogen-bond acceptors (Lipinski definition) is 3. The Morgan fingerprint density at radius 2 is 1.04 bits per heavy atom. The average molecular weight is 309 g/mol. The maximum atomic E-state index is 3.58. The third-order valence-corrected chi connectivity index (χ3v) is 4.44. The first-order valence-electron chi connectivity index (χ1n) is 8.63. The minimum absolute atomic E-state index is 1.04. The summed E-state index contributed by atoms with van der Waals surface area (Å²) in [6.45, 7) is 8.73. The van der Waals surface area contributed by atoms with Crippen molar-refractivity contribution in [3.8, 4) is 0 Å². The molecule has 2 aromatic carbocycles. The number of hydrogen-bond donors (Lipinski definition) is 1. The third-order valence-electron chi connectivity index (χ3n) is 4.44. The summed E-state index contributed by atoms with van der Waals surface area (Å²) in [5, 5.41) is 3.58. The highest BCUT2D eigenvalue weighted by Crippen LogP contribution is 2.08. The Morgan fingerprint density at radius 1 is 0.609 bits per heavy atom. The molecule has 0 aliphatic carbocycles. The SMILES string of the molecule is c1ccc(CN2CCNCCN(Cc3ccccc3)CC2)cc1. The lowest BCUT2D eigenvalue weighted by molar-refractivity contribution is 0.209. The van der Waals surface area contributed by atoms with E-state index in [1.165, 1.54) is 11.1 Å². The lowest BCUT2D eigenvalue weighted by Gasteiger charge is -2.26. The summed E-state index contributed by atoms with van der Waals surface area (Å²) in [7, 11) is 0. The normalized spacial score (nSPS) is 18.1. The van der Waals surface area contributed by atoms with Gasteiger partial charge in [-0.1, -0.05) is 60.7 Å². The Kier molecular flexibility index (Phi) is 6.21. The molecule has 0 bridgehead atoms. The van der Waals surface area contributed by atoms with E-state index in [9.17, 15) is 0 Å². The lowest BCUT2D eigenvalue weighted by atomic mass is 10.2. The minimum Gasteiger partial charge on any atom is -0.314 e. The van der Waals surface area contributed by atoms with E-state index in [4.69, 9.17) is 0 Å². The van der Waals surface area contributed by atoms with Gasteiger partial charge < -0.3 is 5.32 Å².